The molecular weight excluding hydrogens is 516 g/mol. The van der Waals surface area contributed by atoms with Crippen molar-refractivity contribution in [3.05, 3.63) is 94.0 Å². The first-order chi connectivity index (χ1) is 18.5. The van der Waals surface area contributed by atoms with E-state index in [9.17, 15) is 19.5 Å². The second kappa shape index (κ2) is 10.9. The number of rotatable bonds is 7. The zero-order chi connectivity index (χ0) is 28.5. The third kappa shape index (κ3) is 5.35. The minimum atomic E-state index is -0.969. The van der Waals surface area contributed by atoms with Gasteiger partial charge in [0.2, 0.25) is 0 Å². The highest BCUT2D eigenvalue weighted by molar-refractivity contribution is 7.17. The summed E-state index contributed by atoms with van der Waals surface area (Å²) in [6.45, 7) is 11.5. The van der Waals surface area contributed by atoms with E-state index >= 15 is 0 Å². The summed E-state index contributed by atoms with van der Waals surface area (Å²) in [5.74, 6) is -2.04. The van der Waals surface area contributed by atoms with Gasteiger partial charge in [-0.3, -0.25) is 14.5 Å². The molecule has 1 amide bonds. The number of esters is 1. The molecular formula is C30H30N2O6S. The van der Waals surface area contributed by atoms with E-state index in [0.29, 0.717) is 22.6 Å². The van der Waals surface area contributed by atoms with Crippen molar-refractivity contribution in [2.75, 3.05) is 18.6 Å². The van der Waals surface area contributed by atoms with Crippen molar-refractivity contribution in [1.29, 1.82) is 0 Å². The lowest BCUT2D eigenvalue weighted by Crippen LogP contribution is -2.29. The molecule has 1 aliphatic rings. The van der Waals surface area contributed by atoms with Crippen LogP contribution in [-0.2, 0) is 19.7 Å². The van der Waals surface area contributed by atoms with Crippen LogP contribution in [0.25, 0.3) is 5.76 Å². The monoisotopic (exact) mass is 546 g/mol. The zero-order valence-electron chi connectivity index (χ0n) is 22.5. The maximum absolute atomic E-state index is 13.5. The number of hydrogen-bond acceptors (Lipinski definition) is 8. The molecule has 39 heavy (non-hydrogen) atoms. The lowest BCUT2D eigenvalue weighted by molar-refractivity contribution is -0.132. The Kier molecular flexibility index (Phi) is 7.74. The van der Waals surface area contributed by atoms with Gasteiger partial charge in [-0.25, -0.2) is 9.78 Å². The highest BCUT2D eigenvalue weighted by Gasteiger charge is 2.48. The summed E-state index contributed by atoms with van der Waals surface area (Å²) in [4.78, 5) is 45.4. The number of carbonyl (C=O) groups is 3. The van der Waals surface area contributed by atoms with Gasteiger partial charge in [-0.1, -0.05) is 69.0 Å². The van der Waals surface area contributed by atoms with Crippen LogP contribution in [0, 0.1) is 6.92 Å². The van der Waals surface area contributed by atoms with E-state index in [1.807, 2.05) is 24.3 Å². The minimum absolute atomic E-state index is 0.0258. The molecule has 0 aliphatic carbocycles. The fourth-order valence-corrected chi connectivity index (χ4v) is 5.28. The van der Waals surface area contributed by atoms with Gasteiger partial charge < -0.3 is 14.6 Å². The van der Waals surface area contributed by atoms with E-state index in [1.54, 1.807) is 31.2 Å². The number of carbonyl (C=O) groups excluding carboxylic acids is 3. The van der Waals surface area contributed by atoms with Gasteiger partial charge in [-0.2, -0.15) is 0 Å². The molecule has 2 heterocycles. The first-order valence-corrected chi connectivity index (χ1v) is 13.1. The van der Waals surface area contributed by atoms with E-state index in [0.717, 1.165) is 16.9 Å². The number of aliphatic hydroxyl groups excluding tert-OH is 1. The number of ketones is 1. The van der Waals surface area contributed by atoms with Gasteiger partial charge in [0.15, 0.2) is 5.13 Å². The number of aryl methyl sites for hydroxylation is 1. The van der Waals surface area contributed by atoms with Crippen LogP contribution < -0.4 is 9.64 Å². The maximum atomic E-state index is 13.5. The molecule has 1 saturated heterocycles. The molecule has 8 nitrogen and oxygen atoms in total. The Labute approximate surface area is 231 Å². The molecule has 1 atom stereocenters. The molecule has 1 N–H and O–H groups in total. The number of nitrogens with zero attached hydrogens (tertiary/aromatic N) is 2. The third-order valence-corrected chi connectivity index (χ3v) is 7.55. The molecule has 0 bridgehead atoms. The van der Waals surface area contributed by atoms with E-state index < -0.39 is 23.7 Å². The van der Waals surface area contributed by atoms with E-state index in [4.69, 9.17) is 9.47 Å². The largest absolute Gasteiger partial charge is 0.507 e. The lowest BCUT2D eigenvalue weighted by Gasteiger charge is -2.24. The Bertz CT molecular complexity index is 1460. The van der Waals surface area contributed by atoms with Gasteiger partial charge in [-0.05, 0) is 47.7 Å². The van der Waals surface area contributed by atoms with E-state index in [-0.39, 0.29) is 33.4 Å². The third-order valence-electron chi connectivity index (χ3n) is 6.41. The molecule has 0 spiro atoms. The Balaban J connectivity index is 1.88. The van der Waals surface area contributed by atoms with Crippen molar-refractivity contribution in [3.63, 3.8) is 0 Å². The Hall–Kier alpha value is -4.24. The minimum Gasteiger partial charge on any atom is -0.507 e. The first-order valence-electron chi connectivity index (χ1n) is 12.3. The van der Waals surface area contributed by atoms with Crippen LogP contribution >= 0.6 is 11.3 Å². The van der Waals surface area contributed by atoms with Crippen LogP contribution in [0.2, 0.25) is 0 Å². The van der Waals surface area contributed by atoms with E-state index in [2.05, 4.69) is 32.3 Å². The number of aliphatic hydroxyl groups is 1. The fraction of sp³-hybridized carbons (Fsp3) is 0.267. The number of hydrogen-bond donors (Lipinski definition) is 1. The average molecular weight is 547 g/mol. The topological polar surface area (TPSA) is 106 Å². The number of benzene rings is 2. The SMILES string of the molecule is C=CCOC(=O)c1sc(N2C(=O)C(=O)/C(=C(\O)c3ccc(OC)cc3)C2c2ccc(C(C)(C)C)cc2)nc1C. The Morgan fingerprint density at radius 1 is 1.13 bits per heavy atom. The fourth-order valence-electron chi connectivity index (χ4n) is 4.29. The van der Waals surface area contributed by atoms with Crippen LogP contribution in [0.15, 0.2) is 66.8 Å². The highest BCUT2D eigenvalue weighted by Crippen LogP contribution is 2.44. The molecule has 1 fully saturated rings. The van der Waals surface area contributed by atoms with Crippen LogP contribution in [-0.4, -0.2) is 41.5 Å². The summed E-state index contributed by atoms with van der Waals surface area (Å²) < 4.78 is 10.4. The Morgan fingerprint density at radius 3 is 2.33 bits per heavy atom. The predicted molar refractivity (Wildman–Crippen MR) is 150 cm³/mol. The molecule has 202 valence electrons. The summed E-state index contributed by atoms with van der Waals surface area (Å²) in [7, 11) is 1.53. The number of amides is 1. The van der Waals surface area contributed by atoms with E-state index in [1.165, 1.54) is 18.1 Å². The number of Topliss-reactive ketones (excluding diaryl/α,β-unsaturated/α-hetero) is 1. The summed E-state index contributed by atoms with van der Waals surface area (Å²) in [5, 5.41) is 11.5. The van der Waals surface area contributed by atoms with Gasteiger partial charge in [0, 0.05) is 5.56 Å². The van der Waals surface area contributed by atoms with Crippen LogP contribution in [0.4, 0.5) is 5.13 Å². The first kappa shape index (κ1) is 27.8. The zero-order valence-corrected chi connectivity index (χ0v) is 23.3. The second-order valence-electron chi connectivity index (χ2n) is 10.1. The van der Waals surface area contributed by atoms with Crippen molar-refractivity contribution in [2.45, 2.75) is 39.2 Å². The standard InChI is InChI=1S/C30H30N2O6S/c1-7-16-38-28(36)26-17(2)31-29(39-26)32-23(18-8-12-20(13-9-18)30(3,4)5)22(25(34)27(32)35)24(33)19-10-14-21(37-6)15-11-19/h7-15,23,33H,1,16H2,2-6H3/b24-22-. The lowest BCUT2D eigenvalue weighted by atomic mass is 9.85. The molecule has 1 aromatic heterocycles. The van der Waals surface area contributed by atoms with Gasteiger partial charge in [0.25, 0.3) is 5.78 Å². The number of aromatic nitrogens is 1. The summed E-state index contributed by atoms with van der Waals surface area (Å²) in [6.07, 6.45) is 1.45. The summed E-state index contributed by atoms with van der Waals surface area (Å²) in [6, 6.07) is 13.1. The van der Waals surface area contributed by atoms with Crippen LogP contribution in [0.5, 0.6) is 5.75 Å². The smallest absolute Gasteiger partial charge is 0.350 e. The molecule has 2 aromatic carbocycles. The van der Waals surface area contributed by atoms with Gasteiger partial charge in [0.1, 0.15) is 23.0 Å². The van der Waals surface area contributed by atoms with Crippen molar-refractivity contribution < 1.29 is 29.0 Å². The maximum Gasteiger partial charge on any atom is 0.350 e. The van der Waals surface area contributed by atoms with Crippen molar-refractivity contribution in [2.24, 2.45) is 0 Å². The number of methoxy groups -OCH3 is 1. The molecule has 0 radical (unpaired) electrons. The predicted octanol–water partition coefficient (Wildman–Crippen LogP) is 5.73. The molecule has 1 aliphatic heterocycles. The quantitative estimate of drug-likeness (QED) is 0.133. The van der Waals surface area contributed by atoms with Gasteiger partial charge in [-0.15, -0.1) is 0 Å². The van der Waals surface area contributed by atoms with Crippen molar-refractivity contribution in [1.82, 2.24) is 4.98 Å². The van der Waals surface area contributed by atoms with Crippen molar-refractivity contribution in [3.8, 4) is 5.75 Å². The summed E-state index contributed by atoms with van der Waals surface area (Å²) >= 11 is 0.954. The average Bonchev–Trinajstić information content (AvgIpc) is 3.43. The molecule has 1 unspecified atom stereocenters. The molecule has 3 aromatic rings. The molecule has 9 heteroatoms. The second-order valence-corrected chi connectivity index (χ2v) is 11.0. The normalized spacial score (nSPS) is 16.8. The number of anilines is 1. The number of ether oxygens (including phenoxy) is 2. The van der Waals surface area contributed by atoms with Gasteiger partial charge in [0.05, 0.1) is 24.4 Å². The summed E-state index contributed by atoms with van der Waals surface area (Å²) in [5.41, 5.74) is 2.21. The van der Waals surface area contributed by atoms with Crippen LogP contribution in [0.3, 0.4) is 0 Å². The Morgan fingerprint density at radius 2 is 1.77 bits per heavy atom. The number of thiazole rings is 1. The van der Waals surface area contributed by atoms with Crippen molar-refractivity contribution >= 4 is 39.9 Å². The molecule has 4 rings (SSSR count). The molecule has 0 saturated carbocycles. The van der Waals surface area contributed by atoms with Gasteiger partial charge >= 0.3 is 11.9 Å². The highest BCUT2D eigenvalue weighted by atomic mass is 32.1. The van der Waals surface area contributed by atoms with Crippen LogP contribution in [0.1, 0.15) is 58.9 Å².